The Labute approximate surface area is 226 Å². The van der Waals surface area contributed by atoms with E-state index in [-0.39, 0.29) is 10.9 Å². The Morgan fingerprint density at radius 3 is 2.26 bits per heavy atom. The first-order valence-electron chi connectivity index (χ1n) is 12.9. The predicted octanol–water partition coefficient (Wildman–Crippen LogP) is 7.35. The minimum atomic E-state index is -2.01. The summed E-state index contributed by atoms with van der Waals surface area (Å²) >= 11 is 0. The molecule has 0 aliphatic carbocycles. The van der Waals surface area contributed by atoms with E-state index in [0.717, 1.165) is 28.2 Å². The zero-order valence-electron chi connectivity index (χ0n) is 22.6. The highest BCUT2D eigenvalue weighted by molar-refractivity contribution is 6.74. The highest BCUT2D eigenvalue weighted by atomic mass is 28.4. The number of rotatable bonds is 6. The fourth-order valence-corrected chi connectivity index (χ4v) is 5.14. The molecule has 5 nitrogen and oxygen atoms in total. The van der Waals surface area contributed by atoms with E-state index in [2.05, 4.69) is 46.0 Å². The van der Waals surface area contributed by atoms with Crippen molar-refractivity contribution in [3.63, 3.8) is 0 Å². The van der Waals surface area contributed by atoms with Gasteiger partial charge in [-0.3, -0.25) is 9.69 Å². The first-order chi connectivity index (χ1) is 18.1. The smallest absolute Gasteiger partial charge is 0.282 e. The molecule has 3 aromatic carbocycles. The molecule has 0 saturated heterocycles. The van der Waals surface area contributed by atoms with Crippen LogP contribution in [-0.4, -0.2) is 30.7 Å². The normalized spacial score (nSPS) is 16.7. The second-order valence-corrected chi connectivity index (χ2v) is 15.9. The Balaban J connectivity index is 1.53. The van der Waals surface area contributed by atoms with E-state index in [9.17, 15) is 4.79 Å². The van der Waals surface area contributed by atoms with Crippen LogP contribution in [0.2, 0.25) is 18.1 Å². The molecule has 2 heterocycles. The highest BCUT2D eigenvalue weighted by Crippen LogP contribution is 2.38. The third kappa shape index (κ3) is 5.31. The third-order valence-corrected chi connectivity index (χ3v) is 11.6. The summed E-state index contributed by atoms with van der Waals surface area (Å²) in [7, 11) is -2.01. The van der Waals surface area contributed by atoms with Crippen molar-refractivity contribution in [1.82, 2.24) is 4.90 Å². The van der Waals surface area contributed by atoms with Gasteiger partial charge in [-0.2, -0.15) is 0 Å². The molecule has 3 aromatic rings. The molecule has 0 radical (unpaired) electrons. The van der Waals surface area contributed by atoms with Gasteiger partial charge in [0.15, 0.2) is 5.84 Å². The molecular formula is C32H33N3O2Si. The van der Waals surface area contributed by atoms with Crippen molar-refractivity contribution in [3.8, 4) is 5.75 Å². The van der Waals surface area contributed by atoms with E-state index in [1.807, 2.05) is 78.9 Å². The molecule has 5 rings (SSSR count). The monoisotopic (exact) mass is 519 g/mol. The summed E-state index contributed by atoms with van der Waals surface area (Å²) in [6.45, 7) is 11.2. The number of carbonyl (C=O) groups is 1. The second-order valence-electron chi connectivity index (χ2n) is 11.2. The van der Waals surface area contributed by atoms with Crippen LogP contribution >= 0.6 is 0 Å². The van der Waals surface area contributed by atoms with E-state index in [1.165, 1.54) is 0 Å². The molecule has 0 spiro atoms. The fraction of sp³-hybridized carbons (Fsp3) is 0.219. The number of nitrogens with zero attached hydrogens (tertiary/aromatic N) is 3. The summed E-state index contributed by atoms with van der Waals surface area (Å²) in [6, 6.07) is 28.0. The summed E-state index contributed by atoms with van der Waals surface area (Å²) in [4.78, 5) is 24.9. The summed E-state index contributed by atoms with van der Waals surface area (Å²) < 4.78 is 6.56. The molecular weight excluding hydrogens is 486 g/mol. The van der Waals surface area contributed by atoms with Crippen LogP contribution in [0.5, 0.6) is 5.75 Å². The number of amidine groups is 1. The minimum absolute atomic E-state index is 0.0863. The van der Waals surface area contributed by atoms with Crippen LogP contribution in [0.25, 0.3) is 11.8 Å². The number of hydrogen-bond donors (Lipinski definition) is 0. The van der Waals surface area contributed by atoms with E-state index >= 15 is 0 Å². The average Bonchev–Trinajstić information content (AvgIpc) is 3.20. The zero-order valence-corrected chi connectivity index (χ0v) is 23.6. The number of benzene rings is 3. The molecule has 0 N–H and O–H groups in total. The largest absolute Gasteiger partial charge is 0.543 e. The van der Waals surface area contributed by atoms with Gasteiger partial charge in [-0.25, -0.2) is 9.98 Å². The molecule has 0 unspecified atom stereocenters. The molecule has 1 amide bonds. The minimum Gasteiger partial charge on any atom is -0.543 e. The molecule has 192 valence electrons. The lowest BCUT2D eigenvalue weighted by Gasteiger charge is -2.36. The molecule has 0 saturated carbocycles. The summed E-state index contributed by atoms with van der Waals surface area (Å²) in [5, 5.41) is 0.0863. The first kappa shape index (κ1) is 25.6. The van der Waals surface area contributed by atoms with Crippen LogP contribution in [0.3, 0.4) is 0 Å². The van der Waals surface area contributed by atoms with Crippen LogP contribution in [0.4, 0.5) is 0 Å². The van der Waals surface area contributed by atoms with Gasteiger partial charge in [0.25, 0.3) is 5.91 Å². The Hall–Kier alpha value is -4.03. The quantitative estimate of drug-likeness (QED) is 0.253. The number of hydrogen-bond acceptors (Lipinski definition) is 4. The Morgan fingerprint density at radius 2 is 1.58 bits per heavy atom. The SMILES string of the molecule is CC(C)(C)[Si](C)(C)Oc1cccc(C2=CN3C(=O)/C(=C\c4ccccc4)N=C3C(Cc3ccccc3)=N2)c1. The van der Waals surface area contributed by atoms with Gasteiger partial charge in [0.1, 0.15) is 11.4 Å². The second kappa shape index (κ2) is 10.0. The fourth-order valence-electron chi connectivity index (χ4n) is 4.12. The number of fused-ring (bicyclic) bond motifs is 1. The van der Waals surface area contributed by atoms with Gasteiger partial charge in [0.05, 0.1) is 11.4 Å². The van der Waals surface area contributed by atoms with Crippen molar-refractivity contribution in [2.24, 2.45) is 9.98 Å². The van der Waals surface area contributed by atoms with Gasteiger partial charge in [-0.1, -0.05) is 93.6 Å². The van der Waals surface area contributed by atoms with E-state index < -0.39 is 8.32 Å². The molecule has 0 fully saturated rings. The zero-order chi connectivity index (χ0) is 26.9. The van der Waals surface area contributed by atoms with Gasteiger partial charge in [0.2, 0.25) is 8.32 Å². The van der Waals surface area contributed by atoms with Crippen molar-refractivity contribution >= 4 is 37.5 Å². The number of aliphatic imine (C=N–C) groups is 2. The van der Waals surface area contributed by atoms with Crippen LogP contribution < -0.4 is 4.43 Å². The molecule has 38 heavy (non-hydrogen) atoms. The Morgan fingerprint density at radius 1 is 0.895 bits per heavy atom. The van der Waals surface area contributed by atoms with Crippen LogP contribution in [0.15, 0.2) is 107 Å². The lowest BCUT2D eigenvalue weighted by atomic mass is 10.0. The highest BCUT2D eigenvalue weighted by Gasteiger charge is 2.39. The van der Waals surface area contributed by atoms with Gasteiger partial charge in [-0.15, -0.1) is 0 Å². The Kier molecular flexibility index (Phi) is 6.76. The molecule has 6 heteroatoms. The predicted molar refractivity (Wildman–Crippen MR) is 159 cm³/mol. The molecule has 2 aliphatic heterocycles. The molecule has 2 aliphatic rings. The van der Waals surface area contributed by atoms with E-state index in [0.29, 0.717) is 23.7 Å². The summed E-state index contributed by atoms with van der Waals surface area (Å²) in [5.74, 6) is 1.25. The maximum atomic E-state index is 13.5. The molecule has 0 bridgehead atoms. The topological polar surface area (TPSA) is 54.3 Å². The van der Waals surface area contributed by atoms with Crippen molar-refractivity contribution < 1.29 is 9.22 Å². The van der Waals surface area contributed by atoms with Gasteiger partial charge < -0.3 is 4.43 Å². The third-order valence-electron chi connectivity index (χ3n) is 7.28. The molecule has 0 aromatic heterocycles. The van der Waals surface area contributed by atoms with Crippen LogP contribution in [0.1, 0.15) is 37.5 Å². The van der Waals surface area contributed by atoms with Crippen molar-refractivity contribution in [1.29, 1.82) is 0 Å². The van der Waals surface area contributed by atoms with E-state index in [4.69, 9.17) is 14.4 Å². The van der Waals surface area contributed by atoms with Crippen molar-refractivity contribution in [3.05, 3.63) is 114 Å². The Bertz CT molecular complexity index is 1480. The lowest BCUT2D eigenvalue weighted by molar-refractivity contribution is -0.120. The van der Waals surface area contributed by atoms with Crippen molar-refractivity contribution in [2.45, 2.75) is 45.3 Å². The summed E-state index contributed by atoms with van der Waals surface area (Å²) in [6.07, 6.45) is 4.20. The van der Waals surface area contributed by atoms with Gasteiger partial charge >= 0.3 is 0 Å². The van der Waals surface area contributed by atoms with Crippen molar-refractivity contribution in [2.75, 3.05) is 0 Å². The van der Waals surface area contributed by atoms with E-state index in [1.54, 1.807) is 11.1 Å². The van der Waals surface area contributed by atoms with Crippen LogP contribution in [-0.2, 0) is 11.2 Å². The lowest BCUT2D eigenvalue weighted by Crippen LogP contribution is -2.43. The number of carbonyl (C=O) groups excluding carboxylic acids is 1. The number of amides is 1. The van der Waals surface area contributed by atoms with Gasteiger partial charge in [0, 0.05) is 18.2 Å². The molecule has 0 atom stereocenters. The maximum absolute atomic E-state index is 13.5. The van der Waals surface area contributed by atoms with Crippen LogP contribution in [0, 0.1) is 0 Å². The average molecular weight is 520 g/mol. The standard InChI is InChI=1S/C32H33N3O2Si/c1-32(2,3)38(4,5)37-26-18-12-17-25(21-26)29-22-35-30(27(33-29)19-23-13-8-6-9-14-23)34-28(31(35)36)20-24-15-10-7-11-16-24/h6-18,20-22H,19H2,1-5H3/b28-20+. The first-order valence-corrected chi connectivity index (χ1v) is 15.8. The summed E-state index contributed by atoms with van der Waals surface area (Å²) in [5.41, 5.74) is 4.82. The maximum Gasteiger partial charge on any atom is 0.282 e. The van der Waals surface area contributed by atoms with Gasteiger partial charge in [-0.05, 0) is 47.5 Å².